The summed E-state index contributed by atoms with van der Waals surface area (Å²) in [6.07, 6.45) is 3.82. The van der Waals surface area contributed by atoms with Crippen LogP contribution in [0.5, 0.6) is 0 Å². The van der Waals surface area contributed by atoms with Gasteiger partial charge < -0.3 is 5.32 Å². The summed E-state index contributed by atoms with van der Waals surface area (Å²) in [6, 6.07) is 7.59. The Morgan fingerprint density at radius 1 is 1.30 bits per heavy atom. The lowest BCUT2D eigenvalue weighted by molar-refractivity contribution is -0.114. The molecular weight excluding hydrogens is 332 g/mol. The molecule has 1 aliphatic carbocycles. The van der Waals surface area contributed by atoms with Gasteiger partial charge in [0, 0.05) is 18.1 Å². The van der Waals surface area contributed by atoms with Crippen molar-refractivity contribution >= 4 is 34.0 Å². The number of carbonyl (C=O) groups excluding carboxylic acids is 1. The van der Waals surface area contributed by atoms with E-state index < -0.39 is 0 Å². The van der Waals surface area contributed by atoms with E-state index in [1.54, 1.807) is 0 Å². The molecule has 1 aromatic carbocycles. The second kappa shape index (κ2) is 5.47. The third kappa shape index (κ3) is 2.64. The van der Waals surface area contributed by atoms with Gasteiger partial charge in [-0.15, -0.1) is 0 Å². The van der Waals surface area contributed by atoms with Crippen LogP contribution in [0.3, 0.4) is 0 Å². The minimum atomic E-state index is -0.108. The van der Waals surface area contributed by atoms with Crippen molar-refractivity contribution in [3.05, 3.63) is 46.7 Å². The fourth-order valence-corrected chi connectivity index (χ4v) is 3.88. The van der Waals surface area contributed by atoms with Crippen molar-refractivity contribution in [1.82, 2.24) is 14.8 Å². The van der Waals surface area contributed by atoms with Crippen molar-refractivity contribution in [1.29, 1.82) is 0 Å². The number of amides is 1. The first-order valence-electron chi connectivity index (χ1n) is 7.22. The lowest BCUT2D eigenvalue weighted by Gasteiger charge is -2.07. The standard InChI is InChI=1S/C16H13ClN4OS/c1-9(22)18-16-19-13-7-2-10-8-21(20-14(10)15(13)23-16)12-5-3-11(17)4-6-12/h3-6,8H,2,7H2,1H3,(H,18,19,22). The molecule has 0 radical (unpaired) electrons. The van der Waals surface area contributed by atoms with E-state index in [4.69, 9.17) is 16.7 Å². The third-order valence-corrected chi connectivity index (χ3v) is 4.98. The molecule has 23 heavy (non-hydrogen) atoms. The molecule has 0 fully saturated rings. The molecule has 2 aromatic heterocycles. The van der Waals surface area contributed by atoms with Gasteiger partial charge in [0.15, 0.2) is 5.13 Å². The number of aromatic nitrogens is 3. The number of anilines is 1. The van der Waals surface area contributed by atoms with Crippen LogP contribution in [-0.2, 0) is 17.6 Å². The van der Waals surface area contributed by atoms with Crippen molar-refractivity contribution in [3.8, 4) is 16.3 Å². The van der Waals surface area contributed by atoms with E-state index in [0.29, 0.717) is 10.2 Å². The van der Waals surface area contributed by atoms with Gasteiger partial charge in [-0.05, 0) is 42.7 Å². The SMILES string of the molecule is CC(=O)Nc1nc2c(s1)-c1nn(-c3ccc(Cl)cc3)cc1CC2. The molecule has 7 heteroatoms. The highest BCUT2D eigenvalue weighted by atomic mass is 35.5. The normalized spacial score (nSPS) is 12.6. The van der Waals surface area contributed by atoms with Gasteiger partial charge in [0.25, 0.3) is 0 Å². The summed E-state index contributed by atoms with van der Waals surface area (Å²) in [7, 11) is 0. The molecule has 5 nitrogen and oxygen atoms in total. The molecule has 1 aliphatic rings. The van der Waals surface area contributed by atoms with Gasteiger partial charge >= 0.3 is 0 Å². The van der Waals surface area contributed by atoms with Crippen molar-refractivity contribution < 1.29 is 4.79 Å². The Morgan fingerprint density at radius 2 is 2.09 bits per heavy atom. The lowest BCUT2D eigenvalue weighted by Crippen LogP contribution is -2.05. The monoisotopic (exact) mass is 344 g/mol. The van der Waals surface area contributed by atoms with E-state index in [0.717, 1.165) is 34.8 Å². The third-order valence-electron chi connectivity index (χ3n) is 3.71. The van der Waals surface area contributed by atoms with Crippen LogP contribution in [0.4, 0.5) is 5.13 Å². The highest BCUT2D eigenvalue weighted by Crippen LogP contribution is 2.39. The van der Waals surface area contributed by atoms with E-state index in [9.17, 15) is 4.79 Å². The van der Waals surface area contributed by atoms with Crippen LogP contribution in [0.15, 0.2) is 30.5 Å². The largest absolute Gasteiger partial charge is 0.302 e. The Labute approximate surface area is 141 Å². The smallest absolute Gasteiger partial charge is 0.223 e. The fraction of sp³-hybridized carbons (Fsp3) is 0.188. The van der Waals surface area contributed by atoms with Crippen molar-refractivity contribution in [3.63, 3.8) is 0 Å². The molecule has 4 rings (SSSR count). The zero-order valence-corrected chi connectivity index (χ0v) is 13.9. The maximum atomic E-state index is 11.2. The molecule has 0 saturated carbocycles. The molecule has 0 aliphatic heterocycles. The first-order valence-corrected chi connectivity index (χ1v) is 8.42. The van der Waals surface area contributed by atoms with Gasteiger partial charge in [-0.3, -0.25) is 4.79 Å². The van der Waals surface area contributed by atoms with E-state index in [1.807, 2.05) is 28.9 Å². The number of nitrogens with one attached hydrogen (secondary N) is 1. The van der Waals surface area contributed by atoms with Gasteiger partial charge in [0.1, 0.15) is 5.69 Å². The second-order valence-corrected chi connectivity index (χ2v) is 6.84. The Bertz CT molecular complexity index is 897. The molecule has 1 amide bonds. The Kier molecular flexibility index (Phi) is 3.43. The van der Waals surface area contributed by atoms with E-state index in [1.165, 1.54) is 23.8 Å². The number of halogens is 1. The Hall–Kier alpha value is -2.18. The van der Waals surface area contributed by atoms with Crippen LogP contribution in [0, 0.1) is 0 Å². The number of carbonyl (C=O) groups is 1. The van der Waals surface area contributed by atoms with E-state index >= 15 is 0 Å². The fourth-order valence-electron chi connectivity index (χ4n) is 2.67. The van der Waals surface area contributed by atoms with Crippen molar-refractivity contribution in [2.24, 2.45) is 0 Å². The van der Waals surface area contributed by atoms with Gasteiger partial charge in [-0.2, -0.15) is 5.10 Å². The highest BCUT2D eigenvalue weighted by Gasteiger charge is 2.24. The first-order chi connectivity index (χ1) is 11.1. The van der Waals surface area contributed by atoms with Crippen LogP contribution in [0.2, 0.25) is 5.02 Å². The summed E-state index contributed by atoms with van der Waals surface area (Å²) in [4.78, 5) is 16.8. The van der Waals surface area contributed by atoms with E-state index in [2.05, 4.69) is 16.5 Å². The maximum Gasteiger partial charge on any atom is 0.223 e. The molecule has 3 aromatic rings. The van der Waals surface area contributed by atoms with Gasteiger partial charge in [-0.1, -0.05) is 22.9 Å². The molecule has 0 spiro atoms. The molecular formula is C16H13ClN4OS. The number of thiazole rings is 1. The van der Waals surface area contributed by atoms with Crippen molar-refractivity contribution in [2.75, 3.05) is 5.32 Å². The molecule has 1 N–H and O–H groups in total. The minimum absolute atomic E-state index is 0.108. The summed E-state index contributed by atoms with van der Waals surface area (Å²) < 4.78 is 1.87. The molecule has 2 heterocycles. The number of rotatable bonds is 2. The number of nitrogens with zero attached hydrogens (tertiary/aromatic N) is 3. The number of benzene rings is 1. The summed E-state index contributed by atoms with van der Waals surface area (Å²) >= 11 is 7.42. The van der Waals surface area contributed by atoms with Crippen LogP contribution < -0.4 is 5.32 Å². The molecule has 0 saturated heterocycles. The number of hydrogen-bond acceptors (Lipinski definition) is 4. The predicted octanol–water partition coefficient (Wildman–Crippen LogP) is 3.71. The number of hydrogen-bond donors (Lipinski definition) is 1. The Morgan fingerprint density at radius 3 is 2.83 bits per heavy atom. The second-order valence-electron chi connectivity index (χ2n) is 5.40. The highest BCUT2D eigenvalue weighted by molar-refractivity contribution is 7.19. The zero-order chi connectivity index (χ0) is 16.0. The van der Waals surface area contributed by atoms with Crippen molar-refractivity contribution in [2.45, 2.75) is 19.8 Å². The van der Waals surface area contributed by atoms with Gasteiger partial charge in [0.2, 0.25) is 5.91 Å². The predicted molar refractivity (Wildman–Crippen MR) is 91.4 cm³/mol. The van der Waals surface area contributed by atoms with Gasteiger partial charge in [-0.25, -0.2) is 9.67 Å². The van der Waals surface area contributed by atoms with Crippen LogP contribution in [0.25, 0.3) is 16.3 Å². The summed E-state index contributed by atoms with van der Waals surface area (Å²) in [6.45, 7) is 1.49. The molecule has 0 bridgehead atoms. The van der Waals surface area contributed by atoms with Crippen LogP contribution in [-0.4, -0.2) is 20.7 Å². The van der Waals surface area contributed by atoms with Gasteiger partial charge in [0.05, 0.1) is 16.3 Å². The minimum Gasteiger partial charge on any atom is -0.302 e. The summed E-state index contributed by atoms with van der Waals surface area (Å²) in [5.74, 6) is -0.108. The first kappa shape index (κ1) is 14.4. The molecule has 0 atom stereocenters. The zero-order valence-electron chi connectivity index (χ0n) is 12.3. The topological polar surface area (TPSA) is 59.8 Å². The van der Waals surface area contributed by atoms with Crippen LogP contribution in [0.1, 0.15) is 18.2 Å². The lowest BCUT2D eigenvalue weighted by atomic mass is 10.0. The summed E-state index contributed by atoms with van der Waals surface area (Å²) in [5.41, 5.74) is 4.13. The van der Waals surface area contributed by atoms with E-state index in [-0.39, 0.29) is 5.91 Å². The van der Waals surface area contributed by atoms with Crippen LogP contribution >= 0.6 is 22.9 Å². The average molecular weight is 345 g/mol. The quantitative estimate of drug-likeness (QED) is 0.771. The maximum absolute atomic E-state index is 11.2. The molecule has 116 valence electrons. The number of fused-ring (bicyclic) bond motifs is 3. The average Bonchev–Trinajstić information content (AvgIpc) is 3.09. The summed E-state index contributed by atoms with van der Waals surface area (Å²) in [5, 5.41) is 8.81. The number of aryl methyl sites for hydroxylation is 2. The molecule has 0 unspecified atom stereocenters. The Balaban J connectivity index is 1.75.